The van der Waals surface area contributed by atoms with Gasteiger partial charge in [0, 0.05) is 11.8 Å². The highest BCUT2D eigenvalue weighted by molar-refractivity contribution is 7.90. The van der Waals surface area contributed by atoms with Crippen LogP contribution in [-0.2, 0) is 14.6 Å². The Bertz CT molecular complexity index is 688. The van der Waals surface area contributed by atoms with Crippen molar-refractivity contribution in [3.8, 4) is 11.5 Å². The van der Waals surface area contributed by atoms with Crippen molar-refractivity contribution in [2.24, 2.45) is 0 Å². The summed E-state index contributed by atoms with van der Waals surface area (Å²) in [6, 6.07) is 4.30. The fraction of sp³-hybridized carbons (Fsp3) is 0.357. The summed E-state index contributed by atoms with van der Waals surface area (Å²) in [6.07, 6.45) is 1.12. The zero-order valence-corrected chi connectivity index (χ0v) is 14.1. The van der Waals surface area contributed by atoms with Crippen LogP contribution >= 0.6 is 0 Å². The summed E-state index contributed by atoms with van der Waals surface area (Å²) in [5, 5.41) is 0. The molecule has 0 atom stereocenters. The second kappa shape index (κ2) is 5.81. The predicted molar refractivity (Wildman–Crippen MR) is 81.1 cm³/mol. The van der Waals surface area contributed by atoms with Crippen molar-refractivity contribution in [2.45, 2.75) is 24.5 Å². The van der Waals surface area contributed by atoms with E-state index in [1.165, 1.54) is 25.3 Å². The fourth-order valence-electron chi connectivity index (χ4n) is 1.45. The van der Waals surface area contributed by atoms with E-state index in [2.05, 4.69) is 35.8 Å². The molecule has 0 aliphatic rings. The van der Waals surface area contributed by atoms with Crippen LogP contribution in [0.5, 0.6) is 0 Å². The average molecular weight is 310 g/mol. The third kappa shape index (κ3) is 4.51. The van der Waals surface area contributed by atoms with E-state index in [0.29, 0.717) is 11.1 Å². The highest BCUT2D eigenvalue weighted by Crippen LogP contribution is 2.18. The Hall–Kier alpha value is -1.58. The predicted octanol–water partition coefficient (Wildman–Crippen LogP) is 2.11. The van der Waals surface area contributed by atoms with E-state index < -0.39 is 23.9 Å². The van der Waals surface area contributed by atoms with Crippen LogP contribution in [0.3, 0.4) is 0 Å². The maximum Gasteiger partial charge on any atom is 0.337 e. The number of benzene rings is 1. The van der Waals surface area contributed by atoms with Gasteiger partial charge in [-0.05, 0) is 18.2 Å². The molecule has 0 unspecified atom stereocenters. The van der Waals surface area contributed by atoms with Gasteiger partial charge in [0.1, 0.15) is 8.07 Å². The standard InChI is InChI=1S/C14H18O4SSi/c1-18-14(15)12-6-7-13(19(2,16)17)11(10-12)8-9-20(3,4)5/h6-7,10H,1-5H3. The second-order valence-electron chi connectivity index (χ2n) is 5.47. The molecule has 1 aromatic carbocycles. The number of hydrogen-bond donors (Lipinski definition) is 0. The van der Waals surface area contributed by atoms with Crippen molar-refractivity contribution in [1.29, 1.82) is 0 Å². The zero-order chi connectivity index (χ0) is 15.6. The lowest BCUT2D eigenvalue weighted by atomic mass is 10.1. The van der Waals surface area contributed by atoms with Crippen molar-refractivity contribution in [3.05, 3.63) is 29.3 Å². The van der Waals surface area contributed by atoms with Crippen LogP contribution in [0.1, 0.15) is 15.9 Å². The quantitative estimate of drug-likeness (QED) is 0.477. The Morgan fingerprint density at radius 2 is 1.85 bits per heavy atom. The fourth-order valence-corrected chi connectivity index (χ4v) is 2.78. The van der Waals surface area contributed by atoms with E-state index in [1.54, 1.807) is 0 Å². The van der Waals surface area contributed by atoms with Crippen molar-refractivity contribution in [1.82, 2.24) is 0 Å². The zero-order valence-electron chi connectivity index (χ0n) is 12.3. The first-order chi connectivity index (χ1) is 9.04. The van der Waals surface area contributed by atoms with Crippen LogP contribution < -0.4 is 0 Å². The topological polar surface area (TPSA) is 60.4 Å². The van der Waals surface area contributed by atoms with E-state index >= 15 is 0 Å². The summed E-state index contributed by atoms with van der Waals surface area (Å²) in [5.41, 5.74) is 3.74. The molecule has 0 aliphatic heterocycles. The minimum absolute atomic E-state index is 0.135. The lowest BCUT2D eigenvalue weighted by Gasteiger charge is -2.07. The highest BCUT2D eigenvalue weighted by atomic mass is 32.2. The van der Waals surface area contributed by atoms with Crippen LogP contribution in [0.2, 0.25) is 19.6 Å². The molecule has 0 N–H and O–H groups in total. The molecule has 0 saturated carbocycles. The average Bonchev–Trinajstić information content (AvgIpc) is 2.33. The summed E-state index contributed by atoms with van der Waals surface area (Å²) in [7, 11) is -3.76. The first-order valence-corrected chi connectivity index (χ1v) is 11.4. The van der Waals surface area contributed by atoms with E-state index in [4.69, 9.17) is 0 Å². The van der Waals surface area contributed by atoms with Gasteiger partial charge in [0.2, 0.25) is 0 Å². The van der Waals surface area contributed by atoms with Crippen molar-refractivity contribution in [2.75, 3.05) is 13.4 Å². The van der Waals surface area contributed by atoms with Crippen molar-refractivity contribution in [3.63, 3.8) is 0 Å². The third-order valence-corrected chi connectivity index (χ3v) is 4.40. The number of esters is 1. The smallest absolute Gasteiger partial charge is 0.337 e. The van der Waals surface area contributed by atoms with Gasteiger partial charge < -0.3 is 4.74 Å². The van der Waals surface area contributed by atoms with Crippen LogP contribution in [-0.4, -0.2) is 35.8 Å². The minimum Gasteiger partial charge on any atom is -0.465 e. The SMILES string of the molecule is COC(=O)c1ccc(S(C)(=O)=O)c(C#C[Si](C)(C)C)c1. The van der Waals surface area contributed by atoms with Crippen LogP contribution in [0, 0.1) is 11.5 Å². The van der Waals surface area contributed by atoms with E-state index in [-0.39, 0.29) is 4.90 Å². The van der Waals surface area contributed by atoms with Crippen molar-refractivity contribution < 1.29 is 17.9 Å². The van der Waals surface area contributed by atoms with Gasteiger partial charge in [0.05, 0.1) is 17.6 Å². The Labute approximate surface area is 121 Å². The monoisotopic (exact) mass is 310 g/mol. The van der Waals surface area contributed by atoms with Gasteiger partial charge in [0.15, 0.2) is 9.84 Å². The normalized spacial score (nSPS) is 11.4. The minimum atomic E-state index is -3.39. The lowest BCUT2D eigenvalue weighted by molar-refractivity contribution is 0.0600. The molecule has 0 spiro atoms. The first-order valence-electron chi connectivity index (χ1n) is 6.00. The Balaban J connectivity index is 3.49. The maximum absolute atomic E-state index is 11.8. The maximum atomic E-state index is 11.8. The summed E-state index contributed by atoms with van der Waals surface area (Å²) < 4.78 is 28.1. The summed E-state index contributed by atoms with van der Waals surface area (Å²) >= 11 is 0. The molecule has 20 heavy (non-hydrogen) atoms. The van der Waals surface area contributed by atoms with Gasteiger partial charge in [-0.15, -0.1) is 5.54 Å². The highest BCUT2D eigenvalue weighted by Gasteiger charge is 2.16. The lowest BCUT2D eigenvalue weighted by Crippen LogP contribution is -2.16. The number of carbonyl (C=O) groups excluding carboxylic acids is 1. The molecule has 0 amide bonds. The number of carbonyl (C=O) groups is 1. The van der Waals surface area contributed by atoms with Gasteiger partial charge in [-0.1, -0.05) is 25.6 Å². The van der Waals surface area contributed by atoms with Gasteiger partial charge in [-0.2, -0.15) is 0 Å². The molecule has 0 bridgehead atoms. The molecule has 4 nitrogen and oxygen atoms in total. The molecule has 0 fully saturated rings. The van der Waals surface area contributed by atoms with Crippen LogP contribution in [0.15, 0.2) is 23.1 Å². The van der Waals surface area contributed by atoms with Gasteiger partial charge >= 0.3 is 5.97 Å². The van der Waals surface area contributed by atoms with Gasteiger partial charge in [-0.25, -0.2) is 13.2 Å². The molecule has 0 radical (unpaired) electrons. The van der Waals surface area contributed by atoms with Crippen LogP contribution in [0.25, 0.3) is 0 Å². The molecule has 0 aromatic heterocycles. The number of hydrogen-bond acceptors (Lipinski definition) is 4. The Kier molecular flexibility index (Phi) is 4.79. The number of sulfone groups is 1. The summed E-state index contributed by atoms with van der Waals surface area (Å²) in [5.74, 6) is 2.39. The molecular formula is C14H18O4SSi. The number of rotatable bonds is 2. The summed E-state index contributed by atoms with van der Waals surface area (Å²) in [6.45, 7) is 6.18. The molecule has 1 rings (SSSR count). The number of methoxy groups -OCH3 is 1. The largest absolute Gasteiger partial charge is 0.465 e. The second-order valence-corrected chi connectivity index (χ2v) is 12.2. The molecule has 1 aromatic rings. The Morgan fingerprint density at radius 3 is 2.30 bits per heavy atom. The van der Waals surface area contributed by atoms with E-state index in [9.17, 15) is 13.2 Å². The molecule has 0 heterocycles. The van der Waals surface area contributed by atoms with Gasteiger partial charge in [-0.3, -0.25) is 0 Å². The summed E-state index contributed by atoms with van der Waals surface area (Å²) in [4.78, 5) is 11.7. The van der Waals surface area contributed by atoms with Gasteiger partial charge in [0.25, 0.3) is 0 Å². The van der Waals surface area contributed by atoms with E-state index in [1.807, 2.05) is 0 Å². The van der Waals surface area contributed by atoms with Crippen LogP contribution in [0.4, 0.5) is 0 Å². The molecule has 0 saturated heterocycles. The Morgan fingerprint density at radius 1 is 1.25 bits per heavy atom. The molecular weight excluding hydrogens is 292 g/mol. The molecule has 0 aliphatic carbocycles. The number of ether oxygens (including phenoxy) is 1. The molecule has 6 heteroatoms. The van der Waals surface area contributed by atoms with E-state index in [0.717, 1.165) is 6.26 Å². The van der Waals surface area contributed by atoms with Crippen molar-refractivity contribution >= 4 is 23.9 Å². The molecule has 108 valence electrons. The third-order valence-electron chi connectivity index (χ3n) is 2.37. The first kappa shape index (κ1) is 16.5.